The average molecular weight is 941 g/mol. The predicted molar refractivity (Wildman–Crippen MR) is 256 cm³/mol. The van der Waals surface area contributed by atoms with Crippen LogP contribution in [0.4, 0.5) is 0 Å². The monoisotopic (exact) mass is 941 g/mol. The van der Waals surface area contributed by atoms with Crippen molar-refractivity contribution in [3.8, 4) is 0 Å². The Morgan fingerprint density at radius 1 is 0.750 bits per heavy atom. The molecule has 68 heavy (non-hydrogen) atoms. The Morgan fingerprint density at radius 3 is 2.21 bits per heavy atom. The van der Waals surface area contributed by atoms with Crippen LogP contribution < -0.4 is 59.7 Å². The molecule has 1 fully saturated rings. The summed E-state index contributed by atoms with van der Waals surface area (Å²) in [6.07, 6.45) is 7.52. The maximum absolute atomic E-state index is 14.6. The van der Waals surface area contributed by atoms with E-state index in [4.69, 9.17) is 17.2 Å². The molecule has 5 rings (SSSR count). The van der Waals surface area contributed by atoms with Crippen molar-refractivity contribution in [1.82, 2.24) is 57.5 Å². The number of rotatable bonds is 31. The second kappa shape index (κ2) is 27.6. The van der Waals surface area contributed by atoms with Crippen LogP contribution in [-0.4, -0.2) is 138 Å². The Bertz CT molecular complexity index is 2250. The first-order valence-corrected chi connectivity index (χ1v) is 23.3. The molecule has 368 valence electrons. The van der Waals surface area contributed by atoms with Gasteiger partial charge in [-0.15, -0.1) is 0 Å². The molecule has 16 N–H and O–H groups in total. The number of nitrogens with zero attached hydrogens (tertiary/aromatic N) is 1. The Balaban J connectivity index is 1.35. The molecule has 2 aromatic carbocycles. The van der Waals surface area contributed by atoms with Gasteiger partial charge in [-0.25, -0.2) is 4.98 Å². The minimum atomic E-state index is -1.43. The summed E-state index contributed by atoms with van der Waals surface area (Å²) in [5, 5.41) is 23.7. The van der Waals surface area contributed by atoms with Crippen LogP contribution in [-0.2, 0) is 52.8 Å². The molecule has 4 aromatic rings. The third kappa shape index (κ3) is 16.5. The first-order chi connectivity index (χ1) is 32.9. The van der Waals surface area contributed by atoms with E-state index < -0.39 is 78.4 Å². The lowest BCUT2D eigenvalue weighted by molar-refractivity contribution is -0.141. The van der Waals surface area contributed by atoms with Crippen molar-refractivity contribution < 1.29 is 33.6 Å². The van der Waals surface area contributed by atoms with Gasteiger partial charge in [-0.05, 0) is 95.2 Å². The van der Waals surface area contributed by atoms with Gasteiger partial charge in [0.25, 0.3) is 0 Å². The van der Waals surface area contributed by atoms with Crippen molar-refractivity contribution in [2.75, 3.05) is 39.8 Å². The number of ketones is 3. The summed E-state index contributed by atoms with van der Waals surface area (Å²) in [6, 6.07) is 10.7. The lowest BCUT2D eigenvalue weighted by Gasteiger charge is -2.25. The van der Waals surface area contributed by atoms with Crippen LogP contribution in [0.5, 0.6) is 0 Å². The molecular weight excluding hydrogens is 873 g/mol. The summed E-state index contributed by atoms with van der Waals surface area (Å²) in [6.45, 7) is 0.570. The number of carbonyl (C=O) groups excluding carboxylic acids is 7. The van der Waals surface area contributed by atoms with Crippen LogP contribution in [0, 0.1) is 0 Å². The van der Waals surface area contributed by atoms with E-state index in [0.717, 1.165) is 28.6 Å². The summed E-state index contributed by atoms with van der Waals surface area (Å²) < 4.78 is 0. The van der Waals surface area contributed by atoms with Gasteiger partial charge in [0.05, 0.1) is 49.6 Å². The van der Waals surface area contributed by atoms with Crippen molar-refractivity contribution in [1.29, 1.82) is 0 Å². The highest BCUT2D eigenvalue weighted by atomic mass is 16.2. The Hall–Kier alpha value is -6.20. The number of hydrogen-bond donors (Lipinski definition) is 13. The minimum Gasteiger partial charge on any atom is -0.361 e. The highest BCUT2D eigenvalue weighted by Gasteiger charge is 2.35. The number of likely N-dealkylation sites (N-methyl/N-ethyl adjacent to an activating group) is 1. The standard InChI is InChI=1S/C47H68N14O7/c1-51-37(23-31-25-52-28-58-31)40(62)26-56-39(21-29-11-3-2-4-12-29)46(68)60-34(16-9-20-54-47(49)50)42(64)43(65)38(22-30-24-55-33-14-6-5-13-32(30)33)59-41(63)27-57-44(66)36(15-7-8-18-48)61-45(67)35-17-10-19-53-35/h2-6,11-14,24-25,28,34-39,47,51,53-56H,7-10,15-23,26-27,48-50H2,1H3,(H,52,58)(H,57,66)(H,59,63)(H,60,68)(H,61,67)/t34-,35-,36-,37-,38-,39-/m0/s1. The minimum absolute atomic E-state index is 0.0174. The number of para-hydroxylation sites is 1. The number of imidazole rings is 1. The molecule has 0 saturated carbocycles. The molecule has 1 aliphatic heterocycles. The second-order valence-corrected chi connectivity index (χ2v) is 17.0. The second-order valence-electron chi connectivity index (χ2n) is 17.0. The van der Waals surface area contributed by atoms with E-state index in [2.05, 4.69) is 57.5 Å². The molecule has 21 nitrogen and oxygen atoms in total. The highest BCUT2D eigenvalue weighted by molar-refractivity contribution is 6.41. The number of nitrogens with two attached hydrogens (primary N) is 3. The topological polar surface area (TPSA) is 338 Å². The molecule has 0 radical (unpaired) electrons. The number of unbranched alkanes of at least 4 members (excludes halogenated alkanes) is 1. The van der Waals surface area contributed by atoms with Gasteiger partial charge in [-0.2, -0.15) is 0 Å². The van der Waals surface area contributed by atoms with Crippen LogP contribution in [0.15, 0.2) is 73.3 Å². The quantitative estimate of drug-likeness (QED) is 0.0150. The molecule has 3 heterocycles. The summed E-state index contributed by atoms with van der Waals surface area (Å²) >= 11 is 0. The summed E-state index contributed by atoms with van der Waals surface area (Å²) in [5.74, 6) is -4.49. The SMILES string of the molecule is CN[C@@H](Cc1cnc[nH]1)C(=O)CN[C@@H](Cc1ccccc1)C(=O)N[C@@H](CCCNC(N)N)C(=O)C(=O)[C@H](Cc1c[nH]c2ccccc12)NC(=O)CNC(=O)[C@H](CCCCN)NC(=O)[C@@H]1CCCN1. The zero-order chi connectivity index (χ0) is 48.8. The van der Waals surface area contributed by atoms with Gasteiger partial charge in [0.1, 0.15) is 12.3 Å². The molecule has 0 spiro atoms. The normalized spacial score (nSPS) is 15.8. The van der Waals surface area contributed by atoms with E-state index in [1.54, 1.807) is 19.4 Å². The number of hydrogen-bond acceptors (Lipinski definition) is 15. The first-order valence-electron chi connectivity index (χ1n) is 23.3. The lowest BCUT2D eigenvalue weighted by atomic mass is 9.94. The van der Waals surface area contributed by atoms with Crippen LogP contribution in [0.3, 0.4) is 0 Å². The molecule has 0 aliphatic carbocycles. The smallest absolute Gasteiger partial charge is 0.243 e. The van der Waals surface area contributed by atoms with Gasteiger partial charge < -0.3 is 59.1 Å². The van der Waals surface area contributed by atoms with E-state index in [0.29, 0.717) is 50.8 Å². The van der Waals surface area contributed by atoms with Crippen LogP contribution >= 0.6 is 0 Å². The fourth-order valence-electron chi connectivity index (χ4n) is 8.11. The van der Waals surface area contributed by atoms with E-state index in [1.807, 2.05) is 54.6 Å². The number of amides is 4. The van der Waals surface area contributed by atoms with Crippen molar-refractivity contribution >= 4 is 51.9 Å². The summed E-state index contributed by atoms with van der Waals surface area (Å²) in [5.41, 5.74) is 20.0. The number of Topliss-reactive ketones (excluding diaryl/α,β-unsaturated/α-hetero) is 3. The van der Waals surface area contributed by atoms with E-state index in [1.165, 1.54) is 6.33 Å². The van der Waals surface area contributed by atoms with Crippen LogP contribution in [0.25, 0.3) is 10.9 Å². The van der Waals surface area contributed by atoms with Gasteiger partial charge in [0.15, 0.2) is 5.78 Å². The van der Waals surface area contributed by atoms with E-state index in [-0.39, 0.29) is 50.5 Å². The van der Waals surface area contributed by atoms with Crippen molar-refractivity contribution in [3.05, 3.63) is 90.1 Å². The molecule has 2 aromatic heterocycles. The molecule has 1 aliphatic rings. The number of fused-ring (bicyclic) bond motifs is 1. The zero-order valence-corrected chi connectivity index (χ0v) is 38.6. The molecule has 0 bridgehead atoms. The van der Waals surface area contributed by atoms with Gasteiger partial charge in [-0.1, -0.05) is 48.5 Å². The molecule has 21 heteroatoms. The van der Waals surface area contributed by atoms with E-state index >= 15 is 0 Å². The lowest BCUT2D eigenvalue weighted by Crippen LogP contribution is -2.57. The third-order valence-electron chi connectivity index (χ3n) is 11.9. The first kappa shape index (κ1) is 52.8. The van der Waals surface area contributed by atoms with Crippen molar-refractivity contribution in [2.24, 2.45) is 17.2 Å². The van der Waals surface area contributed by atoms with Crippen molar-refractivity contribution in [3.63, 3.8) is 0 Å². The third-order valence-corrected chi connectivity index (χ3v) is 11.9. The maximum Gasteiger partial charge on any atom is 0.243 e. The fraction of sp³-hybridized carbons (Fsp3) is 0.489. The average Bonchev–Trinajstić information content (AvgIpc) is 4.16. The number of carbonyl (C=O) groups is 7. The van der Waals surface area contributed by atoms with Crippen molar-refractivity contribution in [2.45, 2.75) is 107 Å². The number of nitrogens with one attached hydrogen (secondary N) is 10. The Morgan fingerprint density at radius 2 is 1.50 bits per heavy atom. The highest BCUT2D eigenvalue weighted by Crippen LogP contribution is 2.20. The number of benzene rings is 2. The number of H-pyrrole nitrogens is 2. The van der Waals surface area contributed by atoms with E-state index in [9.17, 15) is 33.6 Å². The molecule has 6 atom stereocenters. The molecule has 0 unspecified atom stereocenters. The maximum atomic E-state index is 14.6. The number of aromatic nitrogens is 3. The largest absolute Gasteiger partial charge is 0.361 e. The summed E-state index contributed by atoms with van der Waals surface area (Å²) in [7, 11) is 1.66. The van der Waals surface area contributed by atoms with Gasteiger partial charge >= 0.3 is 0 Å². The van der Waals surface area contributed by atoms with Crippen LogP contribution in [0.1, 0.15) is 61.8 Å². The summed E-state index contributed by atoms with van der Waals surface area (Å²) in [4.78, 5) is 107. The fourth-order valence-corrected chi connectivity index (χ4v) is 8.11. The van der Waals surface area contributed by atoms with Crippen LogP contribution in [0.2, 0.25) is 0 Å². The molecule has 4 amide bonds. The van der Waals surface area contributed by atoms with Gasteiger partial charge in [-0.3, -0.25) is 44.2 Å². The molecular formula is C47H68N14O7. The van der Waals surface area contributed by atoms with Gasteiger partial charge in [0, 0.05) is 41.8 Å². The Labute approximate surface area is 395 Å². The Kier molecular flexibility index (Phi) is 21.4. The number of aromatic amines is 2. The zero-order valence-electron chi connectivity index (χ0n) is 38.6. The molecule has 1 saturated heterocycles. The predicted octanol–water partition coefficient (Wildman–Crippen LogP) is -1.81. The van der Waals surface area contributed by atoms with Gasteiger partial charge in [0.2, 0.25) is 35.2 Å².